The fourth-order valence-corrected chi connectivity index (χ4v) is 3.09. The van der Waals surface area contributed by atoms with E-state index in [1.807, 2.05) is 0 Å². The minimum Gasteiger partial charge on any atom is -0.460 e. The lowest BCUT2D eigenvalue weighted by atomic mass is 9.98. The van der Waals surface area contributed by atoms with Gasteiger partial charge >= 0.3 is 5.97 Å². The zero-order chi connectivity index (χ0) is 14.7. The summed E-state index contributed by atoms with van der Waals surface area (Å²) in [5, 5.41) is 6.94. The van der Waals surface area contributed by atoms with Gasteiger partial charge in [-0.05, 0) is 24.6 Å². The highest BCUT2D eigenvalue weighted by atomic mass is 16.5. The molecule has 1 unspecified atom stereocenters. The third kappa shape index (κ3) is 3.54. The van der Waals surface area contributed by atoms with Crippen molar-refractivity contribution < 1.29 is 9.53 Å². The number of nitrogens with one attached hydrogen (secondary N) is 2. The molecule has 3 rings (SSSR count). The number of fused-ring (bicyclic) bond motifs is 1. The molecule has 0 bridgehead atoms. The summed E-state index contributed by atoms with van der Waals surface area (Å²) in [6.45, 7) is 6.09. The van der Waals surface area contributed by atoms with Crippen LogP contribution in [-0.4, -0.2) is 49.8 Å². The van der Waals surface area contributed by atoms with E-state index in [9.17, 15) is 4.79 Å². The Morgan fingerprint density at radius 3 is 3.05 bits per heavy atom. The summed E-state index contributed by atoms with van der Waals surface area (Å²) in [5.41, 5.74) is 2.73. The maximum Gasteiger partial charge on any atom is 0.302 e. The van der Waals surface area contributed by atoms with Crippen LogP contribution >= 0.6 is 0 Å². The Hall–Kier alpha value is -1.59. The predicted molar refractivity (Wildman–Crippen MR) is 82.3 cm³/mol. The first kappa shape index (κ1) is 14.4. The fourth-order valence-electron chi connectivity index (χ4n) is 3.09. The lowest BCUT2D eigenvalue weighted by Crippen LogP contribution is -2.55. The van der Waals surface area contributed by atoms with Crippen molar-refractivity contribution >= 4 is 11.7 Å². The van der Waals surface area contributed by atoms with Crippen molar-refractivity contribution in [2.45, 2.75) is 25.4 Å². The number of para-hydroxylation sites is 1. The van der Waals surface area contributed by atoms with E-state index in [2.05, 4.69) is 39.8 Å². The third-order valence-electron chi connectivity index (χ3n) is 4.20. The maximum atomic E-state index is 10.8. The van der Waals surface area contributed by atoms with E-state index in [-0.39, 0.29) is 12.1 Å². The fraction of sp³-hybridized carbons (Fsp3) is 0.562. The summed E-state index contributed by atoms with van der Waals surface area (Å²) < 4.78 is 5.13. The first-order valence-corrected chi connectivity index (χ1v) is 7.65. The Morgan fingerprint density at radius 1 is 1.43 bits per heavy atom. The Bertz CT molecular complexity index is 500. The second-order valence-electron chi connectivity index (χ2n) is 5.88. The molecular weight excluding hydrogens is 266 g/mol. The predicted octanol–water partition coefficient (Wildman–Crippen LogP) is 1.38. The zero-order valence-corrected chi connectivity index (χ0v) is 12.5. The largest absolute Gasteiger partial charge is 0.460 e. The molecule has 1 saturated heterocycles. The second kappa shape index (κ2) is 6.45. The lowest BCUT2D eigenvalue weighted by molar-refractivity contribution is -0.154. The molecule has 0 radical (unpaired) electrons. The van der Waals surface area contributed by atoms with Gasteiger partial charge in [0.25, 0.3) is 0 Å². The molecule has 0 saturated carbocycles. The number of hydrogen-bond donors (Lipinski definition) is 2. The van der Waals surface area contributed by atoms with Crippen LogP contribution in [0.25, 0.3) is 0 Å². The number of carbonyl (C=O) groups is 1. The summed E-state index contributed by atoms with van der Waals surface area (Å²) in [4.78, 5) is 13.1. The van der Waals surface area contributed by atoms with Gasteiger partial charge in [-0.25, -0.2) is 0 Å². The summed E-state index contributed by atoms with van der Waals surface area (Å²) in [6.07, 6.45) is 1.24. The maximum absolute atomic E-state index is 10.8. The molecule has 5 heteroatoms. The normalized spacial score (nSPS) is 21.5. The molecule has 1 fully saturated rings. The van der Waals surface area contributed by atoms with Crippen LogP contribution in [0.1, 0.15) is 24.8 Å². The van der Waals surface area contributed by atoms with Crippen LogP contribution in [0.5, 0.6) is 0 Å². The number of rotatable bonds is 6. The van der Waals surface area contributed by atoms with E-state index in [1.54, 1.807) is 0 Å². The van der Waals surface area contributed by atoms with E-state index in [4.69, 9.17) is 4.74 Å². The van der Waals surface area contributed by atoms with Crippen LogP contribution in [0.3, 0.4) is 0 Å². The van der Waals surface area contributed by atoms with Crippen LogP contribution in [0, 0.1) is 0 Å². The van der Waals surface area contributed by atoms with E-state index in [0.29, 0.717) is 5.92 Å². The van der Waals surface area contributed by atoms with Crippen molar-refractivity contribution in [2.24, 2.45) is 0 Å². The summed E-state index contributed by atoms with van der Waals surface area (Å²) in [5.74, 6) is 0.430. The number of nitrogens with zero attached hydrogens (tertiary/aromatic N) is 1. The number of carbonyl (C=O) groups excluding carboxylic acids is 1. The Kier molecular flexibility index (Phi) is 4.41. The van der Waals surface area contributed by atoms with Gasteiger partial charge in [-0.2, -0.15) is 0 Å². The molecule has 0 amide bonds. The van der Waals surface area contributed by atoms with Crippen molar-refractivity contribution in [3.8, 4) is 0 Å². The first-order chi connectivity index (χ1) is 10.2. The minimum atomic E-state index is -0.181. The first-order valence-electron chi connectivity index (χ1n) is 7.65. The quantitative estimate of drug-likeness (QED) is 0.612. The van der Waals surface area contributed by atoms with Gasteiger partial charge in [-0.15, -0.1) is 0 Å². The molecule has 2 N–H and O–H groups in total. The second-order valence-corrected chi connectivity index (χ2v) is 5.88. The number of hydrogen-bond acceptors (Lipinski definition) is 5. The average molecular weight is 289 g/mol. The third-order valence-corrected chi connectivity index (χ3v) is 4.20. The van der Waals surface area contributed by atoms with Crippen LogP contribution in [-0.2, 0) is 9.53 Å². The van der Waals surface area contributed by atoms with Crippen LogP contribution in [0.4, 0.5) is 5.69 Å². The zero-order valence-electron chi connectivity index (χ0n) is 12.5. The molecule has 0 aromatic heterocycles. The smallest absolute Gasteiger partial charge is 0.302 e. The summed E-state index contributed by atoms with van der Waals surface area (Å²) >= 11 is 0. The van der Waals surface area contributed by atoms with Crippen molar-refractivity contribution in [1.82, 2.24) is 10.2 Å². The van der Waals surface area contributed by atoms with Crippen molar-refractivity contribution in [3.63, 3.8) is 0 Å². The summed E-state index contributed by atoms with van der Waals surface area (Å²) in [7, 11) is 0. The molecule has 114 valence electrons. The van der Waals surface area contributed by atoms with Crippen LogP contribution < -0.4 is 10.6 Å². The standard InChI is InChI=1S/C16H23N3O2/c1-12(20)21-14-9-19(10-14)11-17-7-6-13-8-18-16-5-3-2-4-15(13)16/h2-5,13-14,17-18H,6-11H2,1H3. The van der Waals surface area contributed by atoms with Gasteiger partial charge in [-0.3, -0.25) is 9.69 Å². The van der Waals surface area contributed by atoms with Crippen molar-refractivity contribution in [3.05, 3.63) is 29.8 Å². The Morgan fingerprint density at radius 2 is 2.24 bits per heavy atom. The molecule has 2 aliphatic heterocycles. The molecule has 2 heterocycles. The molecule has 0 aliphatic carbocycles. The molecule has 0 spiro atoms. The number of esters is 1. The Balaban J connectivity index is 1.31. The van der Waals surface area contributed by atoms with E-state index < -0.39 is 0 Å². The average Bonchev–Trinajstić information content (AvgIpc) is 2.83. The van der Waals surface area contributed by atoms with Gasteiger partial charge in [0.2, 0.25) is 0 Å². The highest BCUT2D eigenvalue weighted by Crippen LogP contribution is 2.32. The van der Waals surface area contributed by atoms with Crippen LogP contribution in [0.2, 0.25) is 0 Å². The van der Waals surface area contributed by atoms with Gasteiger partial charge in [0.05, 0.1) is 0 Å². The number of anilines is 1. The van der Waals surface area contributed by atoms with E-state index in [0.717, 1.165) is 39.3 Å². The monoisotopic (exact) mass is 289 g/mol. The van der Waals surface area contributed by atoms with Crippen molar-refractivity contribution in [2.75, 3.05) is 38.2 Å². The van der Waals surface area contributed by atoms with Gasteiger partial charge in [0.1, 0.15) is 6.10 Å². The van der Waals surface area contributed by atoms with Gasteiger partial charge < -0.3 is 15.4 Å². The van der Waals surface area contributed by atoms with E-state index in [1.165, 1.54) is 18.2 Å². The molecule has 2 aliphatic rings. The molecule has 5 nitrogen and oxygen atoms in total. The Labute approximate surface area is 125 Å². The van der Waals surface area contributed by atoms with Gasteiger partial charge in [-0.1, -0.05) is 18.2 Å². The molecule has 1 aromatic carbocycles. The number of ether oxygens (including phenoxy) is 1. The number of likely N-dealkylation sites (tertiary alicyclic amines) is 1. The lowest BCUT2D eigenvalue weighted by Gasteiger charge is -2.38. The highest BCUT2D eigenvalue weighted by Gasteiger charge is 2.28. The molecule has 1 aromatic rings. The highest BCUT2D eigenvalue weighted by molar-refractivity contribution is 5.66. The van der Waals surface area contributed by atoms with Gasteiger partial charge in [0, 0.05) is 44.8 Å². The molecular formula is C16H23N3O2. The number of benzene rings is 1. The summed E-state index contributed by atoms with van der Waals surface area (Å²) in [6, 6.07) is 8.56. The van der Waals surface area contributed by atoms with Crippen LogP contribution in [0.15, 0.2) is 24.3 Å². The SMILES string of the molecule is CC(=O)OC1CN(CNCCC2CNc3ccccc32)C1. The minimum absolute atomic E-state index is 0.0928. The molecule has 21 heavy (non-hydrogen) atoms. The van der Waals surface area contributed by atoms with Gasteiger partial charge in [0.15, 0.2) is 0 Å². The van der Waals surface area contributed by atoms with E-state index >= 15 is 0 Å². The van der Waals surface area contributed by atoms with Crippen molar-refractivity contribution in [1.29, 1.82) is 0 Å². The topological polar surface area (TPSA) is 53.6 Å². The molecule has 1 atom stereocenters.